The van der Waals surface area contributed by atoms with Crippen molar-refractivity contribution in [1.82, 2.24) is 19.5 Å². The number of carbonyl (C=O) groups excluding carboxylic acids is 2. The molecule has 21 heteroatoms. The minimum Gasteiger partial charge on any atom is -0.476 e. The largest absolute Gasteiger partial charge is 0.510 e. The molecule has 0 amide bonds. The second kappa shape index (κ2) is 15.5. The van der Waals surface area contributed by atoms with Gasteiger partial charge in [0.05, 0.1) is 25.1 Å². The number of aliphatic hydroxyl groups excluding tert-OH is 1. The number of halogens is 1. The van der Waals surface area contributed by atoms with Crippen molar-refractivity contribution in [3.8, 4) is 5.88 Å². The van der Waals surface area contributed by atoms with Crippen LogP contribution in [0.25, 0.3) is 11.2 Å². The number of hydrogen-bond donors (Lipinski definition) is 3. The Kier molecular flexibility index (Phi) is 11.9. The maximum absolute atomic E-state index is 16.3. The Morgan fingerprint density at radius 3 is 2.30 bits per heavy atom. The zero-order valence-electron chi connectivity index (χ0n) is 27.0. The first-order valence-electron chi connectivity index (χ1n) is 14.6. The number of anilines is 1. The molecule has 3 rings (SSSR count). The molecule has 19 nitrogen and oxygen atoms in total. The fourth-order valence-electron chi connectivity index (χ4n) is 3.89. The highest BCUT2D eigenvalue weighted by atomic mass is 31.2. The molecule has 0 aromatic carbocycles. The Bertz CT molecular complexity index is 1390. The molecule has 1 aliphatic heterocycles. The Hall–Kier alpha value is -3.39. The quantitative estimate of drug-likeness (QED) is 0.131. The van der Waals surface area contributed by atoms with Gasteiger partial charge in [-0.25, -0.2) is 32.6 Å². The van der Waals surface area contributed by atoms with Crippen LogP contribution in [0.5, 0.6) is 5.88 Å². The van der Waals surface area contributed by atoms with E-state index >= 15 is 4.39 Å². The van der Waals surface area contributed by atoms with Crippen molar-refractivity contribution in [2.75, 3.05) is 38.7 Å². The zero-order chi connectivity index (χ0) is 35.0. The fraction of sp³-hybridized carbons (Fsp3) is 0.720. The number of rotatable bonds is 16. The lowest BCUT2D eigenvalue weighted by Gasteiger charge is -2.28. The number of hydrogen-bond acceptors (Lipinski definition) is 18. The smallest absolute Gasteiger partial charge is 0.476 e. The van der Waals surface area contributed by atoms with Crippen LogP contribution in [0, 0.1) is 0 Å². The number of carbonyl (C=O) groups is 2. The van der Waals surface area contributed by atoms with Crippen LogP contribution in [0.2, 0.25) is 0 Å². The van der Waals surface area contributed by atoms with E-state index in [1.54, 1.807) is 6.92 Å². The molecule has 1 fully saturated rings. The molecule has 1 aliphatic rings. The Balaban J connectivity index is 1.83. The van der Waals surface area contributed by atoms with Gasteiger partial charge in [-0.05, 0) is 48.4 Å². The third kappa shape index (κ3) is 9.11. The Labute approximate surface area is 264 Å². The number of alkyl halides is 1. The van der Waals surface area contributed by atoms with E-state index in [1.807, 2.05) is 0 Å². The van der Waals surface area contributed by atoms with Gasteiger partial charge in [-0.1, -0.05) is 0 Å². The SMILES string of the molecule is [3H]CCNc1nc(OCC)c2ncn(C3O[C@](F)(COP(=O)(OCOC(=O)OC(C)C)OCOC(=O)OC(C)C)[C@@H](O)[C@@]3(C)O)c2n1. The molecule has 2 aromatic rings. The van der Waals surface area contributed by atoms with Crippen LogP contribution in [0.15, 0.2) is 6.33 Å². The lowest BCUT2D eigenvalue weighted by atomic mass is 9.95. The van der Waals surface area contributed by atoms with Gasteiger partial charge in [-0.3, -0.25) is 9.09 Å². The summed E-state index contributed by atoms with van der Waals surface area (Å²) in [5.74, 6) is -3.20. The number of imidazole rings is 1. The number of fused-ring (bicyclic) bond motifs is 1. The summed E-state index contributed by atoms with van der Waals surface area (Å²) in [6.07, 6.45) is -6.46. The molecule has 260 valence electrons. The summed E-state index contributed by atoms with van der Waals surface area (Å²) in [4.78, 5) is 36.1. The maximum Gasteiger partial charge on any atom is 0.510 e. The highest BCUT2D eigenvalue weighted by Crippen LogP contribution is 2.53. The minimum atomic E-state index is -4.97. The summed E-state index contributed by atoms with van der Waals surface area (Å²) < 4.78 is 82.7. The van der Waals surface area contributed by atoms with Crippen molar-refractivity contribution in [2.24, 2.45) is 0 Å². The second-order valence-electron chi connectivity index (χ2n) is 10.3. The van der Waals surface area contributed by atoms with E-state index in [0.717, 1.165) is 17.8 Å². The number of nitrogens with zero attached hydrogens (tertiary/aromatic N) is 4. The molecule has 0 spiro atoms. The van der Waals surface area contributed by atoms with E-state index in [0.29, 0.717) is 0 Å². The van der Waals surface area contributed by atoms with Gasteiger partial charge >= 0.3 is 20.1 Å². The van der Waals surface area contributed by atoms with Crippen LogP contribution in [-0.4, -0.2) is 105 Å². The van der Waals surface area contributed by atoms with Gasteiger partial charge in [0.25, 0.3) is 5.85 Å². The Morgan fingerprint density at radius 1 is 1.15 bits per heavy atom. The van der Waals surface area contributed by atoms with Crippen LogP contribution in [-0.2, 0) is 41.8 Å². The highest BCUT2D eigenvalue weighted by Gasteiger charge is 2.64. The summed E-state index contributed by atoms with van der Waals surface area (Å²) in [5, 5.41) is 25.0. The van der Waals surface area contributed by atoms with E-state index in [2.05, 4.69) is 29.7 Å². The maximum atomic E-state index is 16.3. The molecule has 0 bridgehead atoms. The molecule has 4 atom stereocenters. The van der Waals surface area contributed by atoms with Crippen LogP contribution in [0.1, 0.15) is 56.0 Å². The third-order valence-corrected chi connectivity index (χ3v) is 7.12. The highest BCUT2D eigenvalue weighted by molar-refractivity contribution is 7.48. The molecule has 1 saturated heterocycles. The predicted molar refractivity (Wildman–Crippen MR) is 152 cm³/mol. The summed E-state index contributed by atoms with van der Waals surface area (Å²) in [5.41, 5.74) is -2.27. The van der Waals surface area contributed by atoms with Crippen LogP contribution >= 0.6 is 7.82 Å². The molecule has 3 N–H and O–H groups in total. The average Bonchev–Trinajstić information content (AvgIpc) is 3.47. The van der Waals surface area contributed by atoms with Crippen LogP contribution < -0.4 is 10.1 Å². The normalized spacial score (nSPS) is 23.4. The van der Waals surface area contributed by atoms with Crippen molar-refractivity contribution < 1.29 is 72.1 Å². The molecular weight excluding hydrogens is 644 g/mol. The van der Waals surface area contributed by atoms with Gasteiger partial charge in [0, 0.05) is 7.92 Å². The van der Waals surface area contributed by atoms with E-state index in [4.69, 9.17) is 33.9 Å². The predicted octanol–water partition coefficient (Wildman–Crippen LogP) is 3.16. The monoisotopic (exact) mass is 685 g/mol. The molecule has 46 heavy (non-hydrogen) atoms. The fourth-order valence-corrected chi connectivity index (χ4v) is 4.81. The molecule has 0 aliphatic carbocycles. The van der Waals surface area contributed by atoms with E-state index in [-0.39, 0.29) is 43.0 Å². The van der Waals surface area contributed by atoms with E-state index < -0.39 is 76.3 Å². The first-order valence-corrected chi connectivity index (χ1v) is 15.4. The van der Waals surface area contributed by atoms with Crippen molar-refractivity contribution >= 4 is 37.2 Å². The Morgan fingerprint density at radius 2 is 1.76 bits per heavy atom. The van der Waals surface area contributed by atoms with E-state index in [1.165, 1.54) is 27.7 Å². The van der Waals surface area contributed by atoms with E-state index in [9.17, 15) is 24.4 Å². The average molecular weight is 686 g/mol. The number of nitrogens with one attached hydrogen (secondary N) is 1. The topological polar surface area (TPSA) is 230 Å². The number of aliphatic hydroxyl groups is 2. The summed E-state index contributed by atoms with van der Waals surface area (Å²) in [7, 11) is -4.97. The summed E-state index contributed by atoms with van der Waals surface area (Å²) in [6, 6.07) is 0. The van der Waals surface area contributed by atoms with Crippen molar-refractivity contribution in [3.63, 3.8) is 0 Å². The summed E-state index contributed by atoms with van der Waals surface area (Å²) >= 11 is 0. The third-order valence-electron chi connectivity index (χ3n) is 5.83. The van der Waals surface area contributed by atoms with Crippen molar-refractivity contribution in [2.45, 2.75) is 84.4 Å². The number of ether oxygens (including phenoxy) is 6. The van der Waals surface area contributed by atoms with Gasteiger partial charge in [-0.2, -0.15) is 9.97 Å². The van der Waals surface area contributed by atoms with Crippen LogP contribution in [0.4, 0.5) is 19.9 Å². The summed E-state index contributed by atoms with van der Waals surface area (Å²) in [6.45, 7) is 5.75. The first-order chi connectivity index (χ1) is 22.0. The number of aromatic nitrogens is 4. The molecule has 2 aromatic heterocycles. The first kappa shape index (κ1) is 35.5. The zero-order valence-corrected chi connectivity index (χ0v) is 26.9. The van der Waals surface area contributed by atoms with Gasteiger partial charge in [0.1, 0.15) is 18.3 Å². The van der Waals surface area contributed by atoms with Gasteiger partial charge in [0.2, 0.25) is 25.4 Å². The second-order valence-corrected chi connectivity index (χ2v) is 11.9. The molecule has 0 radical (unpaired) electrons. The lowest BCUT2D eigenvalue weighted by molar-refractivity contribution is -0.205. The molecular formula is C25H39FN5O14P. The standard InChI is InChI=1S/C25H39FN5O14P/c1-8-27-21-29-17-16(18(30-21)37-9-2)28-11-31(17)20-24(7,35)19(32)25(26,45-20)10-40-46(36,41-12-38-22(33)43-14(3)4)42-13-39-23(34)44-15(5)6/h11,14-15,19-20,32,35H,8-10,12-13H2,1-7H3,(H,27,29,30)/t19-,20?,24+,25+/m0/s1/i1T. The van der Waals surface area contributed by atoms with Crippen molar-refractivity contribution in [3.05, 3.63) is 6.33 Å². The van der Waals surface area contributed by atoms with Crippen LogP contribution in [0.3, 0.4) is 0 Å². The van der Waals surface area contributed by atoms with Crippen molar-refractivity contribution in [1.29, 1.82) is 0 Å². The van der Waals surface area contributed by atoms with Gasteiger partial charge in [-0.15, -0.1) is 0 Å². The molecule has 3 heterocycles. The van der Waals surface area contributed by atoms with Gasteiger partial charge in [0.15, 0.2) is 17.4 Å². The molecule has 1 unspecified atom stereocenters. The number of phosphoric acid groups is 1. The lowest BCUT2D eigenvalue weighted by Crippen LogP contribution is -2.49. The number of phosphoric ester groups is 1. The van der Waals surface area contributed by atoms with Gasteiger partial charge < -0.3 is 44.0 Å². The minimum absolute atomic E-state index is 0.00122. The molecule has 0 saturated carbocycles.